The molecule has 0 saturated carbocycles. The number of primary amides is 1. The predicted molar refractivity (Wildman–Crippen MR) is 70.7 cm³/mol. The molecule has 1 unspecified atom stereocenters. The summed E-state index contributed by atoms with van der Waals surface area (Å²) in [6, 6.07) is 5.30. The summed E-state index contributed by atoms with van der Waals surface area (Å²) in [4.78, 5) is 24.2. The third kappa shape index (κ3) is 2.68. The number of benzene rings is 1. The zero-order chi connectivity index (χ0) is 14.0. The third-order valence-electron chi connectivity index (χ3n) is 3.11. The summed E-state index contributed by atoms with van der Waals surface area (Å²) in [5, 5.41) is 0. The van der Waals surface area contributed by atoms with E-state index in [1.54, 1.807) is 12.1 Å². The van der Waals surface area contributed by atoms with Crippen molar-refractivity contribution in [1.82, 2.24) is 0 Å². The van der Waals surface area contributed by atoms with E-state index in [4.69, 9.17) is 16.2 Å². The van der Waals surface area contributed by atoms with Crippen molar-refractivity contribution in [2.24, 2.45) is 11.5 Å². The van der Waals surface area contributed by atoms with E-state index in [0.717, 1.165) is 12.0 Å². The van der Waals surface area contributed by atoms with Crippen LogP contribution < -0.4 is 21.1 Å². The number of anilines is 1. The normalized spacial score (nSPS) is 15.7. The van der Waals surface area contributed by atoms with Gasteiger partial charge in [0.05, 0.1) is 5.69 Å². The number of hydrogen-bond acceptors (Lipinski definition) is 4. The molecule has 0 saturated heterocycles. The van der Waals surface area contributed by atoms with Crippen LogP contribution in [0.4, 0.5) is 5.69 Å². The number of carbonyl (C=O) groups is 2. The Morgan fingerprint density at radius 2 is 2.26 bits per heavy atom. The van der Waals surface area contributed by atoms with E-state index in [1.807, 2.05) is 13.0 Å². The van der Waals surface area contributed by atoms with Crippen LogP contribution in [-0.4, -0.2) is 25.0 Å². The minimum atomic E-state index is -0.564. The van der Waals surface area contributed by atoms with Gasteiger partial charge in [-0.3, -0.25) is 14.5 Å². The maximum Gasteiger partial charge on any atom is 0.265 e. The van der Waals surface area contributed by atoms with E-state index in [0.29, 0.717) is 11.4 Å². The Balaban J connectivity index is 2.40. The van der Waals surface area contributed by atoms with Gasteiger partial charge in [0.25, 0.3) is 5.91 Å². The fraction of sp³-hybridized carbons (Fsp3) is 0.385. The van der Waals surface area contributed by atoms with Crippen molar-refractivity contribution in [2.45, 2.75) is 19.4 Å². The van der Waals surface area contributed by atoms with Gasteiger partial charge in [-0.25, -0.2) is 0 Å². The van der Waals surface area contributed by atoms with Crippen molar-refractivity contribution in [3.63, 3.8) is 0 Å². The molecule has 6 nitrogen and oxygen atoms in total. The molecule has 1 aromatic rings. The second-order valence-electron chi connectivity index (χ2n) is 4.48. The van der Waals surface area contributed by atoms with Gasteiger partial charge in [0.1, 0.15) is 12.3 Å². The summed E-state index contributed by atoms with van der Waals surface area (Å²) in [5.41, 5.74) is 12.6. The van der Waals surface area contributed by atoms with Gasteiger partial charge in [-0.1, -0.05) is 13.0 Å². The zero-order valence-electron chi connectivity index (χ0n) is 10.8. The van der Waals surface area contributed by atoms with Crippen LogP contribution in [0.25, 0.3) is 0 Å². The summed E-state index contributed by atoms with van der Waals surface area (Å²) < 4.78 is 5.33. The highest BCUT2D eigenvalue weighted by molar-refractivity contribution is 6.01. The highest BCUT2D eigenvalue weighted by Crippen LogP contribution is 2.34. The topological polar surface area (TPSA) is 98.6 Å². The summed E-state index contributed by atoms with van der Waals surface area (Å²) >= 11 is 0. The van der Waals surface area contributed by atoms with Crippen LogP contribution in [0.1, 0.15) is 24.9 Å². The maximum absolute atomic E-state index is 11.8. The predicted octanol–water partition coefficient (Wildman–Crippen LogP) is 0.307. The molecule has 0 bridgehead atoms. The first kappa shape index (κ1) is 13.4. The highest BCUT2D eigenvalue weighted by Gasteiger charge is 2.27. The second kappa shape index (κ2) is 5.27. The molecule has 0 fully saturated rings. The largest absolute Gasteiger partial charge is 0.482 e. The number of amides is 2. The van der Waals surface area contributed by atoms with Crippen molar-refractivity contribution in [3.8, 4) is 5.75 Å². The molecule has 102 valence electrons. The first-order chi connectivity index (χ1) is 9.02. The van der Waals surface area contributed by atoms with Crippen LogP contribution in [0, 0.1) is 0 Å². The lowest BCUT2D eigenvalue weighted by molar-refractivity contribution is -0.124. The van der Waals surface area contributed by atoms with E-state index >= 15 is 0 Å². The molecule has 19 heavy (non-hydrogen) atoms. The molecule has 1 aliphatic heterocycles. The lowest BCUT2D eigenvalue weighted by Crippen LogP contribution is -2.43. The first-order valence-corrected chi connectivity index (χ1v) is 6.14. The number of ether oxygens (including phenoxy) is 1. The molecule has 2 rings (SSSR count). The van der Waals surface area contributed by atoms with Crippen LogP contribution in [0.3, 0.4) is 0 Å². The lowest BCUT2D eigenvalue weighted by atomic mass is 10.0. The Morgan fingerprint density at radius 3 is 2.89 bits per heavy atom. The molecule has 1 heterocycles. The average Bonchev–Trinajstić information content (AvgIpc) is 2.40. The quantitative estimate of drug-likeness (QED) is 0.816. The molecule has 1 aromatic carbocycles. The average molecular weight is 263 g/mol. The molecule has 1 aliphatic rings. The van der Waals surface area contributed by atoms with Crippen molar-refractivity contribution in [1.29, 1.82) is 0 Å². The molecule has 6 heteroatoms. The van der Waals surface area contributed by atoms with E-state index < -0.39 is 5.91 Å². The third-order valence-corrected chi connectivity index (χ3v) is 3.11. The molecular formula is C13H17N3O3. The van der Waals surface area contributed by atoms with E-state index in [9.17, 15) is 9.59 Å². The van der Waals surface area contributed by atoms with Crippen LogP contribution in [0.2, 0.25) is 0 Å². The molecule has 0 radical (unpaired) electrons. The number of hydrogen-bond donors (Lipinski definition) is 2. The fourth-order valence-corrected chi connectivity index (χ4v) is 2.01. The van der Waals surface area contributed by atoms with Gasteiger partial charge in [0.2, 0.25) is 5.91 Å². The van der Waals surface area contributed by atoms with Gasteiger partial charge in [-0.2, -0.15) is 0 Å². The SMILES string of the molecule is CCC(N)c1ccc2c(c1)N(CC(N)=O)C(=O)CO2. The number of rotatable bonds is 4. The van der Waals surface area contributed by atoms with Crippen molar-refractivity contribution in [3.05, 3.63) is 23.8 Å². The van der Waals surface area contributed by atoms with Crippen LogP contribution >= 0.6 is 0 Å². The second-order valence-corrected chi connectivity index (χ2v) is 4.48. The van der Waals surface area contributed by atoms with Gasteiger partial charge >= 0.3 is 0 Å². The molecule has 0 spiro atoms. The number of fused-ring (bicyclic) bond motifs is 1. The Morgan fingerprint density at radius 1 is 1.53 bits per heavy atom. The monoisotopic (exact) mass is 263 g/mol. The summed E-state index contributed by atoms with van der Waals surface area (Å²) in [7, 11) is 0. The zero-order valence-corrected chi connectivity index (χ0v) is 10.8. The molecule has 0 aliphatic carbocycles. The van der Waals surface area contributed by atoms with E-state index in [-0.39, 0.29) is 25.1 Å². The first-order valence-electron chi connectivity index (χ1n) is 6.14. The highest BCUT2D eigenvalue weighted by atomic mass is 16.5. The maximum atomic E-state index is 11.8. The van der Waals surface area contributed by atoms with E-state index in [2.05, 4.69) is 0 Å². The van der Waals surface area contributed by atoms with Crippen LogP contribution in [-0.2, 0) is 9.59 Å². The van der Waals surface area contributed by atoms with Crippen molar-refractivity contribution in [2.75, 3.05) is 18.1 Å². The van der Waals surface area contributed by atoms with Gasteiger partial charge in [0.15, 0.2) is 6.61 Å². The Labute approximate surface area is 111 Å². The Bertz CT molecular complexity index is 516. The number of nitrogens with two attached hydrogens (primary N) is 2. The molecular weight excluding hydrogens is 246 g/mol. The Kier molecular flexibility index (Phi) is 3.71. The lowest BCUT2D eigenvalue weighted by Gasteiger charge is -2.29. The van der Waals surface area contributed by atoms with Gasteiger partial charge in [-0.05, 0) is 24.1 Å². The number of nitrogens with zero attached hydrogens (tertiary/aromatic N) is 1. The fourth-order valence-electron chi connectivity index (χ4n) is 2.01. The number of carbonyl (C=O) groups excluding carboxylic acids is 2. The van der Waals surface area contributed by atoms with Crippen LogP contribution in [0.15, 0.2) is 18.2 Å². The summed E-state index contributed by atoms with van der Waals surface area (Å²) in [6.45, 7) is 1.74. The van der Waals surface area contributed by atoms with Gasteiger partial charge in [0, 0.05) is 6.04 Å². The van der Waals surface area contributed by atoms with Crippen molar-refractivity contribution < 1.29 is 14.3 Å². The molecule has 2 amide bonds. The molecule has 4 N–H and O–H groups in total. The standard InChI is InChI=1S/C13H17N3O3/c1-2-9(14)8-3-4-11-10(5-8)16(6-12(15)17)13(18)7-19-11/h3-5,9H,2,6-7,14H2,1H3,(H2,15,17). The van der Waals surface area contributed by atoms with E-state index in [1.165, 1.54) is 4.90 Å². The summed E-state index contributed by atoms with van der Waals surface area (Å²) in [6.07, 6.45) is 0.781. The minimum absolute atomic E-state index is 0.0839. The summed E-state index contributed by atoms with van der Waals surface area (Å²) in [5.74, 6) is -0.284. The molecule has 1 atom stereocenters. The molecule has 0 aromatic heterocycles. The van der Waals surface area contributed by atoms with Gasteiger partial charge < -0.3 is 16.2 Å². The smallest absolute Gasteiger partial charge is 0.265 e. The van der Waals surface area contributed by atoms with Crippen molar-refractivity contribution >= 4 is 17.5 Å². The minimum Gasteiger partial charge on any atom is -0.482 e. The van der Waals surface area contributed by atoms with Crippen LogP contribution in [0.5, 0.6) is 5.75 Å². The van der Waals surface area contributed by atoms with Gasteiger partial charge in [-0.15, -0.1) is 0 Å². The Hall–Kier alpha value is -2.08.